The van der Waals surface area contributed by atoms with Gasteiger partial charge in [-0.05, 0) is 0 Å². The lowest BCUT2D eigenvalue weighted by Crippen LogP contribution is -2.37. The first-order valence-corrected chi connectivity index (χ1v) is 2.79. The van der Waals surface area contributed by atoms with Crippen molar-refractivity contribution < 1.29 is 14.3 Å². The third-order valence-electron chi connectivity index (χ3n) is 0.969. The van der Waals surface area contributed by atoms with Crippen molar-refractivity contribution >= 4 is 6.03 Å². The van der Waals surface area contributed by atoms with Gasteiger partial charge in [-0.15, -0.1) is 0 Å². The lowest BCUT2D eigenvalue weighted by atomic mass is 10.6. The van der Waals surface area contributed by atoms with Crippen LogP contribution in [-0.2, 0) is 9.47 Å². The Labute approximate surface area is 59.5 Å². The Balaban J connectivity index is 3.34. The Morgan fingerprint density at radius 3 is 2.40 bits per heavy atom. The van der Waals surface area contributed by atoms with Gasteiger partial charge < -0.3 is 20.5 Å². The standard InChI is InChI=1S/C5H12N2O3/c1-9-4(10-2)3-7-5(6)8/h4H,3H2,1-2H3,(H3,6,7,8). The number of rotatable bonds is 4. The molecule has 60 valence electrons. The normalized spacial score (nSPS) is 9.90. The zero-order chi connectivity index (χ0) is 7.98. The zero-order valence-electron chi connectivity index (χ0n) is 6.09. The molecular formula is C5H12N2O3. The van der Waals surface area contributed by atoms with Crippen molar-refractivity contribution in [2.75, 3.05) is 20.8 Å². The molecule has 0 unspecified atom stereocenters. The fraction of sp³-hybridized carbons (Fsp3) is 0.800. The molecule has 0 aromatic rings. The highest BCUT2D eigenvalue weighted by molar-refractivity contribution is 5.71. The first-order valence-electron chi connectivity index (χ1n) is 2.79. The van der Waals surface area contributed by atoms with Crippen molar-refractivity contribution in [1.29, 1.82) is 0 Å². The topological polar surface area (TPSA) is 73.6 Å². The summed E-state index contributed by atoms with van der Waals surface area (Å²) >= 11 is 0. The number of amides is 2. The smallest absolute Gasteiger partial charge is 0.312 e. The van der Waals surface area contributed by atoms with E-state index in [1.54, 1.807) is 0 Å². The molecule has 0 aliphatic carbocycles. The van der Waals surface area contributed by atoms with Crippen LogP contribution in [0.4, 0.5) is 4.79 Å². The van der Waals surface area contributed by atoms with Gasteiger partial charge in [0.1, 0.15) is 0 Å². The molecule has 0 bridgehead atoms. The molecule has 0 aliphatic heterocycles. The first kappa shape index (κ1) is 9.19. The fourth-order valence-electron chi connectivity index (χ4n) is 0.447. The highest BCUT2D eigenvalue weighted by atomic mass is 16.7. The molecule has 10 heavy (non-hydrogen) atoms. The van der Waals surface area contributed by atoms with Crippen LogP contribution in [0.15, 0.2) is 0 Å². The van der Waals surface area contributed by atoms with Crippen LogP contribution in [0.25, 0.3) is 0 Å². The second-order valence-electron chi connectivity index (χ2n) is 1.65. The molecule has 0 rings (SSSR count). The first-order chi connectivity index (χ1) is 4.70. The molecule has 0 aromatic carbocycles. The third-order valence-corrected chi connectivity index (χ3v) is 0.969. The second-order valence-corrected chi connectivity index (χ2v) is 1.65. The van der Waals surface area contributed by atoms with E-state index < -0.39 is 12.3 Å². The number of carbonyl (C=O) groups is 1. The number of ether oxygens (including phenoxy) is 2. The maximum Gasteiger partial charge on any atom is 0.312 e. The predicted molar refractivity (Wildman–Crippen MR) is 35.4 cm³/mol. The SMILES string of the molecule is COC(CNC(N)=O)OC. The molecule has 0 aliphatic rings. The fourth-order valence-corrected chi connectivity index (χ4v) is 0.447. The molecule has 5 heteroatoms. The van der Waals surface area contributed by atoms with Crippen LogP contribution in [0.5, 0.6) is 0 Å². The Bertz CT molecular complexity index is 103. The summed E-state index contributed by atoms with van der Waals surface area (Å²) in [4.78, 5) is 10.1. The van der Waals surface area contributed by atoms with E-state index in [1.807, 2.05) is 0 Å². The summed E-state index contributed by atoms with van der Waals surface area (Å²) in [6.45, 7) is 0.266. The van der Waals surface area contributed by atoms with Crippen molar-refractivity contribution in [3.8, 4) is 0 Å². The van der Waals surface area contributed by atoms with E-state index in [0.29, 0.717) is 0 Å². The lowest BCUT2D eigenvalue weighted by molar-refractivity contribution is -0.0970. The number of carbonyl (C=O) groups excluding carboxylic acids is 1. The summed E-state index contributed by atoms with van der Waals surface area (Å²) in [5.41, 5.74) is 4.79. The molecule has 5 nitrogen and oxygen atoms in total. The van der Waals surface area contributed by atoms with Crippen LogP contribution >= 0.6 is 0 Å². The molecule has 0 aromatic heterocycles. The van der Waals surface area contributed by atoms with Crippen LogP contribution in [0.3, 0.4) is 0 Å². The summed E-state index contributed by atoms with van der Waals surface area (Å²) in [5.74, 6) is 0. The predicted octanol–water partition coefficient (Wildman–Crippen LogP) is -0.726. The van der Waals surface area contributed by atoms with Crippen molar-refractivity contribution in [3.63, 3.8) is 0 Å². The van der Waals surface area contributed by atoms with E-state index in [1.165, 1.54) is 14.2 Å². The Kier molecular flexibility index (Phi) is 4.61. The molecule has 0 atom stereocenters. The van der Waals surface area contributed by atoms with E-state index in [-0.39, 0.29) is 6.54 Å². The molecule has 0 spiro atoms. The molecule has 0 heterocycles. The molecule has 0 radical (unpaired) electrons. The van der Waals surface area contributed by atoms with Gasteiger partial charge in [0.2, 0.25) is 0 Å². The van der Waals surface area contributed by atoms with Crippen LogP contribution < -0.4 is 11.1 Å². The average Bonchev–Trinajstić information content (AvgIpc) is 1.90. The van der Waals surface area contributed by atoms with Gasteiger partial charge >= 0.3 is 6.03 Å². The Morgan fingerprint density at radius 1 is 1.60 bits per heavy atom. The highest BCUT2D eigenvalue weighted by Crippen LogP contribution is 1.86. The van der Waals surface area contributed by atoms with E-state index in [2.05, 4.69) is 5.32 Å². The molecule has 3 N–H and O–H groups in total. The van der Waals surface area contributed by atoms with E-state index in [0.717, 1.165) is 0 Å². The number of methoxy groups -OCH3 is 2. The van der Waals surface area contributed by atoms with Gasteiger partial charge in [-0.1, -0.05) is 0 Å². The van der Waals surface area contributed by atoms with Gasteiger partial charge in [-0.2, -0.15) is 0 Å². The van der Waals surface area contributed by atoms with Gasteiger partial charge in [0.25, 0.3) is 0 Å². The average molecular weight is 148 g/mol. The Hall–Kier alpha value is -0.810. The van der Waals surface area contributed by atoms with Gasteiger partial charge in [0.15, 0.2) is 6.29 Å². The number of hydrogen-bond donors (Lipinski definition) is 2. The maximum atomic E-state index is 10.1. The minimum Gasteiger partial charge on any atom is -0.354 e. The van der Waals surface area contributed by atoms with E-state index in [9.17, 15) is 4.79 Å². The number of nitrogens with two attached hydrogens (primary N) is 1. The third kappa shape index (κ3) is 4.11. The summed E-state index contributed by atoms with van der Waals surface area (Å²) in [6.07, 6.45) is -0.424. The van der Waals surface area contributed by atoms with E-state index in [4.69, 9.17) is 15.2 Å². The maximum absolute atomic E-state index is 10.1. The second kappa shape index (κ2) is 5.01. The zero-order valence-corrected chi connectivity index (χ0v) is 6.09. The monoisotopic (exact) mass is 148 g/mol. The molecule has 0 fully saturated rings. The van der Waals surface area contributed by atoms with Gasteiger partial charge in [0.05, 0.1) is 6.54 Å². The van der Waals surface area contributed by atoms with Crippen LogP contribution in [-0.4, -0.2) is 33.1 Å². The quantitative estimate of drug-likeness (QED) is 0.516. The van der Waals surface area contributed by atoms with E-state index >= 15 is 0 Å². The summed E-state index contributed by atoms with van der Waals surface area (Å²) in [6, 6.07) is -0.584. The summed E-state index contributed by atoms with van der Waals surface area (Å²) in [5, 5.41) is 2.34. The van der Waals surface area contributed by atoms with Crippen LogP contribution in [0.1, 0.15) is 0 Å². The highest BCUT2D eigenvalue weighted by Gasteiger charge is 2.03. The Morgan fingerprint density at radius 2 is 2.10 bits per heavy atom. The number of nitrogens with one attached hydrogen (secondary N) is 1. The van der Waals surface area contributed by atoms with Crippen LogP contribution in [0, 0.1) is 0 Å². The van der Waals surface area contributed by atoms with Gasteiger partial charge in [0, 0.05) is 14.2 Å². The van der Waals surface area contributed by atoms with Crippen LogP contribution in [0.2, 0.25) is 0 Å². The largest absolute Gasteiger partial charge is 0.354 e. The molecular weight excluding hydrogens is 136 g/mol. The summed E-state index contributed by atoms with van der Waals surface area (Å²) in [7, 11) is 2.97. The van der Waals surface area contributed by atoms with Gasteiger partial charge in [-0.3, -0.25) is 0 Å². The minimum absolute atomic E-state index is 0.266. The van der Waals surface area contributed by atoms with Gasteiger partial charge in [-0.25, -0.2) is 4.79 Å². The number of urea groups is 1. The van der Waals surface area contributed by atoms with Crippen molar-refractivity contribution in [3.05, 3.63) is 0 Å². The number of hydrogen-bond acceptors (Lipinski definition) is 3. The molecule has 2 amide bonds. The lowest BCUT2D eigenvalue weighted by Gasteiger charge is -2.12. The van der Waals surface area contributed by atoms with Crippen molar-refractivity contribution in [2.45, 2.75) is 6.29 Å². The molecule has 0 saturated heterocycles. The number of primary amides is 1. The minimum atomic E-state index is -0.584. The summed E-state index contributed by atoms with van der Waals surface area (Å²) < 4.78 is 9.51. The van der Waals surface area contributed by atoms with Crippen molar-refractivity contribution in [1.82, 2.24) is 5.32 Å². The van der Waals surface area contributed by atoms with Crippen molar-refractivity contribution in [2.24, 2.45) is 5.73 Å². The molecule has 0 saturated carbocycles.